The van der Waals surface area contributed by atoms with Gasteiger partial charge in [0.05, 0.1) is 5.69 Å². The second kappa shape index (κ2) is 8.54. The zero-order chi connectivity index (χ0) is 17.1. The molecule has 0 saturated heterocycles. The van der Waals surface area contributed by atoms with E-state index in [9.17, 15) is 9.59 Å². The van der Waals surface area contributed by atoms with Crippen molar-refractivity contribution < 1.29 is 9.59 Å². The molecule has 25 heavy (non-hydrogen) atoms. The molecular formula is C18H27ClN4O2. The van der Waals surface area contributed by atoms with E-state index in [1.807, 2.05) is 25.1 Å². The summed E-state index contributed by atoms with van der Waals surface area (Å²) in [7, 11) is 0. The van der Waals surface area contributed by atoms with Gasteiger partial charge in [0.15, 0.2) is 0 Å². The molecule has 0 aromatic heterocycles. The van der Waals surface area contributed by atoms with Crippen LogP contribution in [-0.4, -0.2) is 31.1 Å². The van der Waals surface area contributed by atoms with Gasteiger partial charge in [-0.2, -0.15) is 0 Å². The van der Waals surface area contributed by atoms with E-state index < -0.39 is 0 Å². The van der Waals surface area contributed by atoms with Gasteiger partial charge in [-0.3, -0.25) is 9.69 Å². The van der Waals surface area contributed by atoms with Crippen molar-refractivity contribution in [3.8, 4) is 0 Å². The van der Waals surface area contributed by atoms with E-state index in [0.29, 0.717) is 19.5 Å². The molecule has 0 spiro atoms. The van der Waals surface area contributed by atoms with Crippen molar-refractivity contribution in [1.29, 1.82) is 0 Å². The molecular weight excluding hydrogens is 340 g/mol. The van der Waals surface area contributed by atoms with Crippen LogP contribution in [-0.2, 0) is 11.2 Å². The fourth-order valence-corrected chi connectivity index (χ4v) is 3.68. The normalized spacial score (nSPS) is 21.4. The van der Waals surface area contributed by atoms with E-state index in [2.05, 4.69) is 10.6 Å². The molecule has 1 saturated carbocycles. The Morgan fingerprint density at radius 2 is 2.12 bits per heavy atom. The molecule has 1 aromatic rings. The monoisotopic (exact) mass is 366 g/mol. The number of nitrogens with one attached hydrogen (secondary N) is 2. The van der Waals surface area contributed by atoms with Crippen molar-refractivity contribution in [3.63, 3.8) is 0 Å². The molecule has 138 valence electrons. The molecule has 3 rings (SSSR count). The lowest BCUT2D eigenvalue weighted by molar-refractivity contribution is -0.117. The smallest absolute Gasteiger partial charge is 0.321 e. The van der Waals surface area contributed by atoms with Gasteiger partial charge in [-0.15, -0.1) is 12.4 Å². The van der Waals surface area contributed by atoms with E-state index in [1.165, 1.54) is 0 Å². The van der Waals surface area contributed by atoms with Gasteiger partial charge >= 0.3 is 6.03 Å². The molecule has 1 heterocycles. The molecule has 3 amide bonds. The summed E-state index contributed by atoms with van der Waals surface area (Å²) >= 11 is 0. The van der Waals surface area contributed by atoms with Crippen LogP contribution in [0.3, 0.4) is 0 Å². The number of fused-ring (bicyclic) bond motifs is 1. The second-order valence-electron chi connectivity index (χ2n) is 6.69. The predicted molar refractivity (Wildman–Crippen MR) is 102 cm³/mol. The standard InChI is InChI=1S/C18H26N4O2.ClH/c1-2-20-18(24)22-9-8-12-6-7-14(11-16(12)22)21-17(23)10-13-4-3-5-15(13)19;/h6-7,11,13,15H,2-5,8-10,19H2,1H3,(H,20,24)(H,21,23);1H/t13-,15+;/m0./s1. The zero-order valence-corrected chi connectivity index (χ0v) is 15.4. The molecule has 1 fully saturated rings. The lowest BCUT2D eigenvalue weighted by atomic mass is 10.00. The van der Waals surface area contributed by atoms with Crippen LogP contribution in [0.25, 0.3) is 0 Å². The van der Waals surface area contributed by atoms with Crippen molar-refractivity contribution in [1.82, 2.24) is 5.32 Å². The van der Waals surface area contributed by atoms with Gasteiger partial charge in [0.1, 0.15) is 0 Å². The molecule has 6 nitrogen and oxygen atoms in total. The first-order valence-corrected chi connectivity index (χ1v) is 8.82. The highest BCUT2D eigenvalue weighted by molar-refractivity contribution is 5.96. The van der Waals surface area contributed by atoms with Crippen molar-refractivity contribution >= 4 is 35.7 Å². The predicted octanol–water partition coefficient (Wildman–Crippen LogP) is 2.66. The molecule has 1 aliphatic heterocycles. The highest BCUT2D eigenvalue weighted by atomic mass is 35.5. The van der Waals surface area contributed by atoms with Crippen LogP contribution < -0.4 is 21.3 Å². The fourth-order valence-electron chi connectivity index (χ4n) is 3.68. The fraction of sp³-hybridized carbons (Fsp3) is 0.556. The van der Waals surface area contributed by atoms with Crippen LogP contribution in [0.4, 0.5) is 16.2 Å². The Labute approximate surface area is 154 Å². The van der Waals surface area contributed by atoms with Crippen LogP contribution in [0.15, 0.2) is 18.2 Å². The first kappa shape index (κ1) is 19.5. The molecule has 0 radical (unpaired) electrons. The molecule has 0 unspecified atom stereocenters. The number of rotatable bonds is 4. The van der Waals surface area contributed by atoms with E-state index in [4.69, 9.17) is 5.73 Å². The molecule has 1 aliphatic carbocycles. The number of anilines is 2. The van der Waals surface area contributed by atoms with Crippen LogP contribution in [0.1, 0.15) is 38.2 Å². The maximum Gasteiger partial charge on any atom is 0.321 e. The zero-order valence-electron chi connectivity index (χ0n) is 14.6. The largest absolute Gasteiger partial charge is 0.338 e. The van der Waals surface area contributed by atoms with Crippen LogP contribution in [0.2, 0.25) is 0 Å². The number of benzene rings is 1. The first-order chi connectivity index (χ1) is 11.6. The number of carbonyl (C=O) groups is 2. The third-order valence-electron chi connectivity index (χ3n) is 5.00. The Morgan fingerprint density at radius 1 is 1.32 bits per heavy atom. The van der Waals surface area contributed by atoms with Gasteiger partial charge in [-0.05, 0) is 49.8 Å². The lowest BCUT2D eigenvalue weighted by Crippen LogP contribution is -2.38. The number of urea groups is 1. The van der Waals surface area contributed by atoms with Gasteiger partial charge < -0.3 is 16.4 Å². The van der Waals surface area contributed by atoms with E-state index in [1.54, 1.807) is 4.90 Å². The average molecular weight is 367 g/mol. The summed E-state index contributed by atoms with van der Waals surface area (Å²) in [5.74, 6) is 0.283. The Morgan fingerprint density at radius 3 is 2.80 bits per heavy atom. The van der Waals surface area contributed by atoms with Gasteiger partial charge in [0.2, 0.25) is 5.91 Å². The van der Waals surface area contributed by atoms with Gasteiger partial charge in [-0.25, -0.2) is 4.79 Å². The maximum atomic E-state index is 12.3. The maximum absolute atomic E-state index is 12.3. The Bertz CT molecular complexity index is 638. The first-order valence-electron chi connectivity index (χ1n) is 8.82. The number of nitrogens with two attached hydrogens (primary N) is 1. The van der Waals surface area contributed by atoms with E-state index in [0.717, 1.165) is 42.6 Å². The summed E-state index contributed by atoms with van der Waals surface area (Å²) in [6.45, 7) is 3.18. The Kier molecular flexibility index (Phi) is 6.67. The van der Waals surface area contributed by atoms with Crippen molar-refractivity contribution in [2.45, 2.75) is 45.1 Å². The van der Waals surface area contributed by atoms with E-state index in [-0.39, 0.29) is 36.3 Å². The minimum atomic E-state index is -0.0864. The summed E-state index contributed by atoms with van der Waals surface area (Å²) in [6.07, 6.45) is 4.47. The van der Waals surface area contributed by atoms with Crippen LogP contribution >= 0.6 is 12.4 Å². The average Bonchev–Trinajstić information content (AvgIpc) is 3.14. The molecule has 2 aliphatic rings. The number of halogens is 1. The van der Waals surface area contributed by atoms with Crippen molar-refractivity contribution in [2.24, 2.45) is 11.7 Å². The minimum absolute atomic E-state index is 0. The van der Waals surface area contributed by atoms with Crippen LogP contribution in [0, 0.1) is 5.92 Å². The molecule has 4 N–H and O–H groups in total. The highest BCUT2D eigenvalue weighted by Gasteiger charge is 2.27. The Balaban J connectivity index is 0.00000225. The number of hydrogen-bond acceptors (Lipinski definition) is 3. The summed E-state index contributed by atoms with van der Waals surface area (Å²) in [6, 6.07) is 5.85. The number of nitrogens with zero attached hydrogens (tertiary/aromatic N) is 1. The number of hydrogen-bond donors (Lipinski definition) is 3. The number of carbonyl (C=O) groups excluding carboxylic acids is 2. The number of amides is 3. The second-order valence-corrected chi connectivity index (χ2v) is 6.69. The molecule has 1 aromatic carbocycles. The summed E-state index contributed by atoms with van der Waals surface area (Å²) in [5, 5.41) is 5.79. The highest BCUT2D eigenvalue weighted by Crippen LogP contribution is 2.31. The SMILES string of the molecule is CCNC(=O)N1CCc2ccc(NC(=O)C[C@@H]3CCC[C@H]3N)cc21.Cl. The quantitative estimate of drug-likeness (QED) is 0.765. The van der Waals surface area contributed by atoms with Gasteiger partial charge in [0, 0.05) is 31.2 Å². The topological polar surface area (TPSA) is 87.5 Å². The van der Waals surface area contributed by atoms with Crippen molar-refractivity contribution in [3.05, 3.63) is 23.8 Å². The molecule has 0 bridgehead atoms. The van der Waals surface area contributed by atoms with Crippen molar-refractivity contribution in [2.75, 3.05) is 23.3 Å². The third kappa shape index (κ3) is 4.44. The van der Waals surface area contributed by atoms with Crippen LogP contribution in [0.5, 0.6) is 0 Å². The van der Waals surface area contributed by atoms with E-state index >= 15 is 0 Å². The molecule has 7 heteroatoms. The van der Waals surface area contributed by atoms with Gasteiger partial charge in [0.25, 0.3) is 0 Å². The summed E-state index contributed by atoms with van der Waals surface area (Å²) in [4.78, 5) is 26.1. The summed E-state index contributed by atoms with van der Waals surface area (Å²) < 4.78 is 0. The lowest BCUT2D eigenvalue weighted by Gasteiger charge is -2.19. The molecule has 2 atom stereocenters. The minimum Gasteiger partial charge on any atom is -0.338 e. The summed E-state index contributed by atoms with van der Waals surface area (Å²) in [5.41, 5.74) is 8.80. The third-order valence-corrected chi connectivity index (χ3v) is 5.00. The Hall–Kier alpha value is -1.79. The van der Waals surface area contributed by atoms with Gasteiger partial charge in [-0.1, -0.05) is 12.5 Å².